The predicted octanol–water partition coefficient (Wildman–Crippen LogP) is 3.93. The number of amides is 1. The van der Waals surface area contributed by atoms with E-state index in [-0.39, 0.29) is 17.3 Å². The Kier molecular flexibility index (Phi) is 7.73. The molecule has 12 heteroatoms. The highest BCUT2D eigenvalue weighted by Crippen LogP contribution is 2.26. The van der Waals surface area contributed by atoms with E-state index in [2.05, 4.69) is 15.5 Å². The number of hydrogen-bond acceptors (Lipinski definition) is 10. The van der Waals surface area contributed by atoms with Gasteiger partial charge in [0, 0.05) is 22.7 Å². The van der Waals surface area contributed by atoms with Crippen molar-refractivity contribution in [2.75, 3.05) is 12.4 Å². The normalized spacial score (nSPS) is 11.4. The summed E-state index contributed by atoms with van der Waals surface area (Å²) < 4.78 is 10.3. The second-order valence-corrected chi connectivity index (χ2v) is 8.78. The second kappa shape index (κ2) is 10.7. The van der Waals surface area contributed by atoms with Gasteiger partial charge in [-0.15, -0.1) is 22.0 Å². The van der Waals surface area contributed by atoms with E-state index >= 15 is 0 Å². The zero-order chi connectivity index (χ0) is 23.1. The van der Waals surface area contributed by atoms with Crippen LogP contribution in [0, 0.1) is 10.1 Å². The summed E-state index contributed by atoms with van der Waals surface area (Å²) in [5, 5.41) is 21.1. The molecule has 3 aromatic rings. The minimum Gasteiger partial charge on any atom is -0.497 e. The van der Waals surface area contributed by atoms with Gasteiger partial charge in [0.25, 0.3) is 11.6 Å². The van der Waals surface area contributed by atoms with E-state index in [1.54, 1.807) is 50.4 Å². The lowest BCUT2D eigenvalue weighted by Crippen LogP contribution is -2.16. The molecule has 10 nitrogen and oxygen atoms in total. The van der Waals surface area contributed by atoms with Crippen LogP contribution in [0.25, 0.3) is 0 Å². The molecular weight excluding hydrogens is 456 g/mol. The summed E-state index contributed by atoms with van der Waals surface area (Å²) in [7, 11) is 1.55. The Morgan fingerprint density at radius 3 is 2.47 bits per heavy atom. The van der Waals surface area contributed by atoms with E-state index in [0.717, 1.165) is 11.3 Å². The van der Waals surface area contributed by atoms with Crippen LogP contribution in [0.4, 0.5) is 11.4 Å². The van der Waals surface area contributed by atoms with Crippen LogP contribution >= 0.6 is 23.1 Å². The first-order valence-electron chi connectivity index (χ1n) is 9.21. The molecule has 0 spiro atoms. The van der Waals surface area contributed by atoms with E-state index in [9.17, 15) is 19.7 Å². The third kappa shape index (κ3) is 6.25. The van der Waals surface area contributed by atoms with E-state index in [4.69, 9.17) is 9.47 Å². The lowest BCUT2D eigenvalue weighted by molar-refractivity contribution is -0.384. The molecule has 0 aliphatic heterocycles. The molecule has 0 radical (unpaired) electrons. The third-order valence-electron chi connectivity index (χ3n) is 4.04. The number of carbonyl (C=O) groups is 2. The number of rotatable bonds is 9. The van der Waals surface area contributed by atoms with Crippen LogP contribution in [0.15, 0.2) is 53.4 Å². The molecule has 0 fully saturated rings. The molecule has 2 aromatic carbocycles. The number of aromatic nitrogens is 2. The fourth-order valence-electron chi connectivity index (χ4n) is 2.41. The standard InChI is InChI=1S/C20H18N4O6S2/c1-12(31-16-9-5-14(6-10-16)24(27)28)20(26)30-11-17-22-23-19(32-17)18(25)21-13-3-7-15(29-2)8-4-13/h3-10,12H,11H2,1-2H3,(H,21,25). The highest BCUT2D eigenvalue weighted by atomic mass is 32.2. The molecule has 1 N–H and O–H groups in total. The molecule has 0 saturated heterocycles. The number of non-ortho nitro benzene ring substituents is 1. The largest absolute Gasteiger partial charge is 0.497 e. The number of esters is 1. The average molecular weight is 475 g/mol. The van der Waals surface area contributed by atoms with Gasteiger partial charge in [0.05, 0.1) is 12.0 Å². The summed E-state index contributed by atoms with van der Waals surface area (Å²) in [6, 6.07) is 12.7. The van der Waals surface area contributed by atoms with Crippen LogP contribution < -0.4 is 10.1 Å². The average Bonchev–Trinajstić information content (AvgIpc) is 3.27. The zero-order valence-corrected chi connectivity index (χ0v) is 18.6. The lowest BCUT2D eigenvalue weighted by atomic mass is 10.3. The monoisotopic (exact) mass is 474 g/mol. The quantitative estimate of drug-likeness (QED) is 0.212. The van der Waals surface area contributed by atoms with Gasteiger partial charge in [-0.25, -0.2) is 0 Å². The van der Waals surface area contributed by atoms with Crippen LogP contribution in [-0.4, -0.2) is 39.4 Å². The summed E-state index contributed by atoms with van der Waals surface area (Å²) in [5.74, 6) is -0.232. The van der Waals surface area contributed by atoms with Gasteiger partial charge in [-0.3, -0.25) is 19.7 Å². The van der Waals surface area contributed by atoms with Gasteiger partial charge in [-0.05, 0) is 43.3 Å². The predicted molar refractivity (Wildman–Crippen MR) is 119 cm³/mol. The van der Waals surface area contributed by atoms with Crippen molar-refractivity contribution in [3.05, 3.63) is 68.7 Å². The van der Waals surface area contributed by atoms with Crippen molar-refractivity contribution in [2.24, 2.45) is 0 Å². The van der Waals surface area contributed by atoms with Gasteiger partial charge < -0.3 is 14.8 Å². The molecule has 0 aliphatic rings. The fraction of sp³-hybridized carbons (Fsp3) is 0.200. The number of benzene rings is 2. The lowest BCUT2D eigenvalue weighted by Gasteiger charge is -2.10. The number of nitrogens with one attached hydrogen (secondary N) is 1. The fourth-order valence-corrected chi connectivity index (χ4v) is 3.93. The number of ether oxygens (including phenoxy) is 2. The first kappa shape index (κ1) is 23.2. The summed E-state index contributed by atoms with van der Waals surface area (Å²) in [5.41, 5.74) is 0.559. The Bertz CT molecular complexity index is 1100. The van der Waals surface area contributed by atoms with E-state index < -0.39 is 22.0 Å². The summed E-state index contributed by atoms with van der Waals surface area (Å²) in [4.78, 5) is 35.5. The maximum absolute atomic E-state index is 12.3. The highest BCUT2D eigenvalue weighted by Gasteiger charge is 2.19. The molecule has 32 heavy (non-hydrogen) atoms. The zero-order valence-electron chi connectivity index (χ0n) is 17.0. The minimum atomic E-state index is -0.540. The van der Waals surface area contributed by atoms with Crippen molar-refractivity contribution in [1.82, 2.24) is 10.2 Å². The van der Waals surface area contributed by atoms with E-state index in [1.165, 1.54) is 23.9 Å². The Balaban J connectivity index is 1.49. The Morgan fingerprint density at radius 2 is 1.84 bits per heavy atom. The molecule has 3 rings (SSSR count). The third-order valence-corrected chi connectivity index (χ3v) is 6.03. The first-order valence-corrected chi connectivity index (χ1v) is 10.9. The maximum Gasteiger partial charge on any atom is 0.319 e. The molecular formula is C20H18N4O6S2. The smallest absolute Gasteiger partial charge is 0.319 e. The number of nitrogens with zero attached hydrogens (tertiary/aromatic N) is 3. The van der Waals surface area contributed by atoms with Gasteiger partial charge in [0.2, 0.25) is 5.01 Å². The molecule has 166 valence electrons. The van der Waals surface area contributed by atoms with Gasteiger partial charge >= 0.3 is 5.97 Å². The highest BCUT2D eigenvalue weighted by molar-refractivity contribution is 8.00. The molecule has 0 bridgehead atoms. The number of nitro groups is 1. The first-order chi connectivity index (χ1) is 15.4. The van der Waals surface area contributed by atoms with Crippen molar-refractivity contribution in [3.63, 3.8) is 0 Å². The number of carbonyl (C=O) groups excluding carboxylic acids is 2. The number of hydrogen-bond donors (Lipinski definition) is 1. The van der Waals surface area contributed by atoms with Crippen molar-refractivity contribution >= 4 is 46.3 Å². The molecule has 0 saturated carbocycles. The molecule has 1 amide bonds. The van der Waals surface area contributed by atoms with Crippen LogP contribution in [0.1, 0.15) is 21.7 Å². The molecule has 1 aromatic heterocycles. The minimum absolute atomic E-state index is 0.0207. The molecule has 0 aliphatic carbocycles. The second-order valence-electron chi connectivity index (χ2n) is 6.30. The van der Waals surface area contributed by atoms with Crippen LogP contribution in [0.5, 0.6) is 5.75 Å². The Labute approximate surface area is 191 Å². The van der Waals surface area contributed by atoms with Crippen molar-refractivity contribution in [2.45, 2.75) is 23.7 Å². The Hall–Kier alpha value is -3.51. The van der Waals surface area contributed by atoms with Gasteiger partial charge in [0.15, 0.2) is 5.01 Å². The summed E-state index contributed by atoms with van der Waals surface area (Å²) >= 11 is 2.24. The number of methoxy groups -OCH3 is 1. The number of nitro benzene ring substituents is 1. The number of anilines is 1. The van der Waals surface area contributed by atoms with E-state index in [1.807, 2.05) is 0 Å². The maximum atomic E-state index is 12.3. The number of thioether (sulfide) groups is 1. The Morgan fingerprint density at radius 1 is 1.16 bits per heavy atom. The van der Waals surface area contributed by atoms with Crippen LogP contribution in [-0.2, 0) is 16.1 Å². The summed E-state index contributed by atoms with van der Waals surface area (Å²) in [6.45, 7) is 1.56. The van der Waals surface area contributed by atoms with E-state index in [0.29, 0.717) is 21.3 Å². The van der Waals surface area contributed by atoms with Crippen molar-refractivity contribution in [1.29, 1.82) is 0 Å². The topological polar surface area (TPSA) is 134 Å². The molecule has 1 unspecified atom stereocenters. The van der Waals surface area contributed by atoms with Gasteiger partial charge in [-0.2, -0.15) is 0 Å². The van der Waals surface area contributed by atoms with Gasteiger partial charge in [0.1, 0.15) is 17.6 Å². The van der Waals surface area contributed by atoms with Crippen molar-refractivity contribution < 1.29 is 24.0 Å². The SMILES string of the molecule is COc1ccc(NC(=O)c2nnc(COC(=O)C(C)Sc3ccc([N+](=O)[O-])cc3)s2)cc1. The van der Waals surface area contributed by atoms with Crippen LogP contribution in [0.2, 0.25) is 0 Å². The van der Waals surface area contributed by atoms with Crippen LogP contribution in [0.3, 0.4) is 0 Å². The van der Waals surface area contributed by atoms with Gasteiger partial charge in [-0.1, -0.05) is 11.3 Å². The molecule has 1 atom stereocenters. The summed E-state index contributed by atoms with van der Waals surface area (Å²) in [6.07, 6.45) is 0. The van der Waals surface area contributed by atoms with Crippen molar-refractivity contribution in [3.8, 4) is 5.75 Å². The molecule has 1 heterocycles.